The molecule has 3 aromatic rings. The molecule has 0 saturated carbocycles. The number of aryl methyl sites for hydroxylation is 1. The predicted octanol–water partition coefficient (Wildman–Crippen LogP) is 4.73. The van der Waals surface area contributed by atoms with Gasteiger partial charge in [-0.2, -0.15) is 0 Å². The van der Waals surface area contributed by atoms with E-state index in [-0.39, 0.29) is 17.5 Å². The van der Waals surface area contributed by atoms with Crippen LogP contribution in [0.5, 0.6) is 0 Å². The maximum atomic E-state index is 13.4. The Kier molecular flexibility index (Phi) is 6.76. The third-order valence-electron chi connectivity index (χ3n) is 4.22. The first-order valence-electron chi connectivity index (χ1n) is 9.11. The average Bonchev–Trinajstić information content (AvgIpc) is 2.70. The van der Waals surface area contributed by atoms with Crippen LogP contribution in [0.1, 0.15) is 18.2 Å². The van der Waals surface area contributed by atoms with Gasteiger partial charge >= 0.3 is 0 Å². The fraction of sp³-hybridized carbons (Fsp3) is 0.227. The number of halogens is 1. The minimum Gasteiger partial charge on any atom is -0.338 e. The Bertz CT molecular complexity index is 950. The topological polar surface area (TPSA) is 46.1 Å². The van der Waals surface area contributed by atoms with Gasteiger partial charge < -0.3 is 4.90 Å². The minimum atomic E-state index is -0.294. The molecule has 1 amide bonds. The summed E-state index contributed by atoms with van der Waals surface area (Å²) in [6.07, 6.45) is 0. The van der Waals surface area contributed by atoms with E-state index in [0.29, 0.717) is 18.2 Å². The Labute approximate surface area is 168 Å². The van der Waals surface area contributed by atoms with Gasteiger partial charge in [-0.05, 0) is 37.6 Å². The van der Waals surface area contributed by atoms with Crippen molar-refractivity contribution in [2.24, 2.45) is 0 Å². The van der Waals surface area contributed by atoms with Crippen molar-refractivity contribution >= 4 is 17.7 Å². The Balaban J connectivity index is 1.67. The highest BCUT2D eigenvalue weighted by Crippen LogP contribution is 2.22. The number of hydrogen-bond acceptors (Lipinski definition) is 4. The molecular weight excluding hydrogens is 373 g/mol. The van der Waals surface area contributed by atoms with E-state index in [1.807, 2.05) is 56.3 Å². The summed E-state index contributed by atoms with van der Waals surface area (Å²) in [6, 6.07) is 18.2. The quantitative estimate of drug-likeness (QED) is 0.428. The first-order chi connectivity index (χ1) is 13.5. The molecule has 0 aliphatic heterocycles. The summed E-state index contributed by atoms with van der Waals surface area (Å²) in [7, 11) is 0. The van der Waals surface area contributed by atoms with Crippen molar-refractivity contribution in [3.05, 3.63) is 77.7 Å². The second kappa shape index (κ2) is 9.46. The summed E-state index contributed by atoms with van der Waals surface area (Å²) in [5.41, 5.74) is 3.49. The molecule has 0 aliphatic rings. The number of carbonyl (C=O) groups excluding carboxylic acids is 1. The van der Waals surface area contributed by atoms with Gasteiger partial charge in [0.1, 0.15) is 5.82 Å². The predicted molar refractivity (Wildman–Crippen MR) is 110 cm³/mol. The lowest BCUT2D eigenvalue weighted by atomic mass is 10.1. The van der Waals surface area contributed by atoms with Crippen LogP contribution in [0.2, 0.25) is 0 Å². The summed E-state index contributed by atoms with van der Waals surface area (Å²) in [5, 5.41) is 0.578. The zero-order valence-electron chi connectivity index (χ0n) is 15.9. The van der Waals surface area contributed by atoms with Crippen molar-refractivity contribution in [3.63, 3.8) is 0 Å². The van der Waals surface area contributed by atoms with Crippen LogP contribution in [0, 0.1) is 12.7 Å². The van der Waals surface area contributed by atoms with Crippen molar-refractivity contribution in [1.29, 1.82) is 0 Å². The van der Waals surface area contributed by atoms with Gasteiger partial charge in [-0.3, -0.25) is 4.79 Å². The first kappa shape index (κ1) is 20.0. The molecule has 0 unspecified atom stereocenters. The molecule has 4 nitrogen and oxygen atoms in total. The zero-order valence-corrected chi connectivity index (χ0v) is 16.7. The van der Waals surface area contributed by atoms with Gasteiger partial charge in [-0.25, -0.2) is 14.4 Å². The number of rotatable bonds is 7. The first-order valence-corrected chi connectivity index (χ1v) is 10.1. The van der Waals surface area contributed by atoms with Crippen LogP contribution in [-0.4, -0.2) is 33.1 Å². The van der Waals surface area contributed by atoms with Crippen LogP contribution in [0.4, 0.5) is 4.39 Å². The van der Waals surface area contributed by atoms with E-state index in [9.17, 15) is 9.18 Å². The maximum absolute atomic E-state index is 13.4. The number of amides is 1. The highest BCUT2D eigenvalue weighted by Gasteiger charge is 2.14. The highest BCUT2D eigenvalue weighted by atomic mass is 32.2. The second-order valence-electron chi connectivity index (χ2n) is 6.37. The van der Waals surface area contributed by atoms with E-state index >= 15 is 0 Å². The molecule has 0 fully saturated rings. The van der Waals surface area contributed by atoms with Gasteiger partial charge in [0.05, 0.1) is 11.4 Å². The van der Waals surface area contributed by atoms with Crippen molar-refractivity contribution in [2.45, 2.75) is 25.5 Å². The summed E-state index contributed by atoms with van der Waals surface area (Å²) < 4.78 is 13.4. The Morgan fingerprint density at radius 1 is 1.07 bits per heavy atom. The van der Waals surface area contributed by atoms with Crippen molar-refractivity contribution < 1.29 is 9.18 Å². The van der Waals surface area contributed by atoms with E-state index in [1.54, 1.807) is 11.0 Å². The van der Waals surface area contributed by atoms with Crippen LogP contribution in [0.15, 0.2) is 65.8 Å². The molecule has 3 rings (SSSR count). The summed E-state index contributed by atoms with van der Waals surface area (Å²) in [5.74, 6) is -0.0824. The lowest BCUT2D eigenvalue weighted by Crippen LogP contribution is -2.31. The molecule has 28 heavy (non-hydrogen) atoms. The molecule has 144 valence electrons. The number of hydrogen-bond donors (Lipinski definition) is 0. The fourth-order valence-corrected chi connectivity index (χ4v) is 3.62. The lowest BCUT2D eigenvalue weighted by molar-refractivity contribution is -0.128. The van der Waals surface area contributed by atoms with E-state index in [4.69, 9.17) is 0 Å². The maximum Gasteiger partial charge on any atom is 0.233 e. The molecule has 1 aromatic heterocycles. The monoisotopic (exact) mass is 395 g/mol. The summed E-state index contributed by atoms with van der Waals surface area (Å²) in [6.45, 7) is 4.78. The van der Waals surface area contributed by atoms with Gasteiger partial charge in [0, 0.05) is 24.3 Å². The van der Waals surface area contributed by atoms with Gasteiger partial charge in [-0.1, -0.05) is 54.2 Å². The smallest absolute Gasteiger partial charge is 0.233 e. The van der Waals surface area contributed by atoms with Gasteiger partial charge in [0.25, 0.3) is 0 Å². The van der Waals surface area contributed by atoms with E-state index in [0.717, 1.165) is 22.5 Å². The zero-order chi connectivity index (χ0) is 19.9. The van der Waals surface area contributed by atoms with Crippen LogP contribution < -0.4 is 0 Å². The van der Waals surface area contributed by atoms with Crippen molar-refractivity contribution in [3.8, 4) is 11.3 Å². The minimum absolute atomic E-state index is 0.0249. The van der Waals surface area contributed by atoms with Gasteiger partial charge in [0.15, 0.2) is 5.16 Å². The molecule has 1 heterocycles. The third kappa shape index (κ3) is 5.39. The molecule has 2 aromatic carbocycles. The van der Waals surface area contributed by atoms with Crippen LogP contribution >= 0.6 is 11.8 Å². The van der Waals surface area contributed by atoms with E-state index in [2.05, 4.69) is 9.97 Å². The molecule has 0 bridgehead atoms. The highest BCUT2D eigenvalue weighted by molar-refractivity contribution is 7.99. The molecule has 0 atom stereocenters. The normalized spacial score (nSPS) is 10.7. The Hall–Kier alpha value is -2.73. The van der Waals surface area contributed by atoms with Gasteiger partial charge in [-0.15, -0.1) is 0 Å². The standard InChI is InChI=1S/C22H22FN3OS/c1-3-26(14-17-8-7-11-19(23)13-17)21(27)15-28-22-24-16(2)12-20(25-22)18-9-5-4-6-10-18/h4-13H,3,14-15H2,1-2H3. The summed E-state index contributed by atoms with van der Waals surface area (Å²) in [4.78, 5) is 23.4. The Morgan fingerprint density at radius 2 is 1.86 bits per heavy atom. The molecule has 0 spiro atoms. The third-order valence-corrected chi connectivity index (χ3v) is 5.06. The molecular formula is C22H22FN3OS. The summed E-state index contributed by atoms with van der Waals surface area (Å²) >= 11 is 1.32. The SMILES string of the molecule is CCN(Cc1cccc(F)c1)C(=O)CSc1nc(C)cc(-c2ccccc2)n1. The lowest BCUT2D eigenvalue weighted by Gasteiger charge is -2.20. The molecule has 0 radical (unpaired) electrons. The van der Waals surface area contributed by atoms with E-state index < -0.39 is 0 Å². The number of benzene rings is 2. The number of carbonyl (C=O) groups is 1. The number of nitrogens with zero attached hydrogens (tertiary/aromatic N) is 3. The average molecular weight is 396 g/mol. The number of aromatic nitrogens is 2. The van der Waals surface area contributed by atoms with Crippen molar-refractivity contribution in [1.82, 2.24) is 14.9 Å². The van der Waals surface area contributed by atoms with E-state index in [1.165, 1.54) is 23.9 Å². The number of thioether (sulfide) groups is 1. The molecule has 0 aliphatic carbocycles. The molecule has 0 saturated heterocycles. The molecule has 0 N–H and O–H groups in total. The second-order valence-corrected chi connectivity index (χ2v) is 7.31. The van der Waals surface area contributed by atoms with Crippen LogP contribution in [-0.2, 0) is 11.3 Å². The molecule has 6 heteroatoms. The van der Waals surface area contributed by atoms with Crippen molar-refractivity contribution in [2.75, 3.05) is 12.3 Å². The largest absolute Gasteiger partial charge is 0.338 e. The van der Waals surface area contributed by atoms with Crippen LogP contribution in [0.3, 0.4) is 0 Å². The Morgan fingerprint density at radius 3 is 2.57 bits per heavy atom. The fourth-order valence-electron chi connectivity index (χ4n) is 2.81. The van der Waals surface area contributed by atoms with Crippen LogP contribution in [0.25, 0.3) is 11.3 Å². The van der Waals surface area contributed by atoms with Gasteiger partial charge in [0.2, 0.25) is 5.91 Å².